The molecule has 0 unspecified atom stereocenters. The molecule has 32 heavy (non-hydrogen) atoms. The highest BCUT2D eigenvalue weighted by Crippen LogP contribution is 2.42. The van der Waals surface area contributed by atoms with Crippen LogP contribution in [0.3, 0.4) is 0 Å². The number of thioether (sulfide) groups is 1. The lowest BCUT2D eigenvalue weighted by molar-refractivity contribution is 0.355. The van der Waals surface area contributed by atoms with Crippen LogP contribution in [0.1, 0.15) is 24.8 Å². The Balaban J connectivity index is 1.35. The number of aromatic nitrogens is 5. The highest BCUT2D eigenvalue weighted by molar-refractivity contribution is 7.98. The van der Waals surface area contributed by atoms with E-state index in [0.29, 0.717) is 45.5 Å². The summed E-state index contributed by atoms with van der Waals surface area (Å²) < 4.78 is 32.4. The van der Waals surface area contributed by atoms with Gasteiger partial charge in [-0.15, -0.1) is 10.2 Å². The van der Waals surface area contributed by atoms with Gasteiger partial charge in [0.05, 0.1) is 25.5 Å². The largest absolute Gasteiger partial charge is 0.493 e. The number of hydrogen-bond acceptors (Lipinski definition) is 8. The summed E-state index contributed by atoms with van der Waals surface area (Å²) in [6.07, 6.45) is 2.05. The molecule has 5 rings (SSSR count). The van der Waals surface area contributed by atoms with E-state index in [4.69, 9.17) is 14.0 Å². The zero-order valence-electron chi connectivity index (χ0n) is 17.5. The number of halogens is 1. The molecule has 0 spiro atoms. The highest BCUT2D eigenvalue weighted by atomic mass is 32.2. The second-order valence-electron chi connectivity index (χ2n) is 7.26. The standard InChI is InChI=1S/C22H20FN5O3S/c1-29-17-10-7-13(11-18(17)30-2)20-24-19(31-27-20)12-32-22-26-25-21(28(22)14-8-9-14)15-5-3-4-6-16(15)23/h3-7,10-11,14H,8-9,12H2,1-2H3. The fourth-order valence-corrected chi connectivity index (χ4v) is 4.24. The van der Waals surface area contributed by atoms with Gasteiger partial charge in [-0.2, -0.15) is 4.98 Å². The first-order valence-electron chi connectivity index (χ1n) is 10.1. The van der Waals surface area contributed by atoms with E-state index in [2.05, 4.69) is 20.3 Å². The van der Waals surface area contributed by atoms with Crippen LogP contribution in [0.2, 0.25) is 0 Å². The number of methoxy groups -OCH3 is 2. The van der Waals surface area contributed by atoms with Crippen LogP contribution in [0.25, 0.3) is 22.8 Å². The number of benzene rings is 2. The van der Waals surface area contributed by atoms with Gasteiger partial charge >= 0.3 is 0 Å². The fourth-order valence-electron chi connectivity index (χ4n) is 3.40. The van der Waals surface area contributed by atoms with Gasteiger partial charge < -0.3 is 14.0 Å². The van der Waals surface area contributed by atoms with Crippen LogP contribution in [0.15, 0.2) is 52.1 Å². The summed E-state index contributed by atoms with van der Waals surface area (Å²) in [7, 11) is 3.16. The minimum absolute atomic E-state index is 0.284. The molecule has 0 aliphatic heterocycles. The third-order valence-electron chi connectivity index (χ3n) is 5.13. The second-order valence-corrected chi connectivity index (χ2v) is 8.20. The van der Waals surface area contributed by atoms with E-state index >= 15 is 0 Å². The van der Waals surface area contributed by atoms with E-state index in [9.17, 15) is 4.39 Å². The highest BCUT2D eigenvalue weighted by Gasteiger charge is 2.31. The molecular weight excluding hydrogens is 433 g/mol. The number of hydrogen-bond donors (Lipinski definition) is 0. The molecule has 1 aliphatic carbocycles. The molecule has 2 aromatic heterocycles. The fraction of sp³-hybridized carbons (Fsp3) is 0.273. The summed E-state index contributed by atoms with van der Waals surface area (Å²) in [5, 5.41) is 13.4. The van der Waals surface area contributed by atoms with E-state index < -0.39 is 0 Å². The van der Waals surface area contributed by atoms with E-state index in [0.717, 1.165) is 18.4 Å². The van der Waals surface area contributed by atoms with Crippen molar-refractivity contribution in [3.8, 4) is 34.3 Å². The molecule has 1 aliphatic rings. The predicted octanol–water partition coefficient (Wildman–Crippen LogP) is 4.78. The molecule has 2 aromatic carbocycles. The Morgan fingerprint density at radius 2 is 1.91 bits per heavy atom. The molecule has 0 N–H and O–H groups in total. The van der Waals surface area contributed by atoms with Crippen molar-refractivity contribution >= 4 is 11.8 Å². The molecule has 4 aromatic rings. The summed E-state index contributed by atoms with van der Waals surface area (Å²) in [6.45, 7) is 0. The number of rotatable bonds is 8. The van der Waals surface area contributed by atoms with Crippen LogP contribution in [-0.2, 0) is 5.75 Å². The van der Waals surface area contributed by atoms with Crippen molar-refractivity contribution in [2.75, 3.05) is 14.2 Å². The topological polar surface area (TPSA) is 88.1 Å². The average molecular weight is 453 g/mol. The lowest BCUT2D eigenvalue weighted by atomic mass is 10.2. The molecule has 0 atom stereocenters. The van der Waals surface area contributed by atoms with Gasteiger partial charge in [-0.3, -0.25) is 4.57 Å². The van der Waals surface area contributed by atoms with Crippen LogP contribution in [-0.4, -0.2) is 39.1 Å². The summed E-state index contributed by atoms with van der Waals surface area (Å²) in [6, 6.07) is 12.3. The Bertz CT molecular complexity index is 1250. The maximum atomic E-state index is 14.3. The van der Waals surface area contributed by atoms with Gasteiger partial charge in [0.1, 0.15) is 5.82 Å². The van der Waals surface area contributed by atoms with E-state index in [1.165, 1.54) is 17.8 Å². The van der Waals surface area contributed by atoms with Crippen LogP contribution in [0, 0.1) is 5.82 Å². The third kappa shape index (κ3) is 3.93. The Labute approximate surface area is 187 Å². The van der Waals surface area contributed by atoms with Crippen LogP contribution in [0.5, 0.6) is 11.5 Å². The quantitative estimate of drug-likeness (QED) is 0.352. The van der Waals surface area contributed by atoms with Crippen molar-refractivity contribution in [2.24, 2.45) is 0 Å². The molecule has 164 valence electrons. The monoisotopic (exact) mass is 453 g/mol. The molecular formula is C22H20FN5O3S. The first-order valence-corrected chi connectivity index (χ1v) is 11.0. The Hall–Kier alpha value is -3.40. The van der Waals surface area contributed by atoms with Gasteiger partial charge in [0.25, 0.3) is 0 Å². The molecule has 2 heterocycles. The Morgan fingerprint density at radius 3 is 2.66 bits per heavy atom. The van der Waals surface area contributed by atoms with Crippen molar-refractivity contribution in [3.05, 3.63) is 54.2 Å². The lowest BCUT2D eigenvalue weighted by Crippen LogP contribution is -2.01. The van der Waals surface area contributed by atoms with Gasteiger partial charge in [0.2, 0.25) is 11.7 Å². The average Bonchev–Trinajstić information content (AvgIpc) is 3.39. The first-order chi connectivity index (χ1) is 15.7. The van der Waals surface area contributed by atoms with Crippen molar-refractivity contribution in [1.29, 1.82) is 0 Å². The molecule has 10 heteroatoms. The van der Waals surface area contributed by atoms with E-state index in [-0.39, 0.29) is 11.9 Å². The summed E-state index contributed by atoms with van der Waals surface area (Å²) >= 11 is 1.44. The SMILES string of the molecule is COc1ccc(-c2noc(CSc3nnc(-c4ccccc4F)n3C3CC3)n2)cc1OC. The van der Waals surface area contributed by atoms with Gasteiger partial charge in [-0.25, -0.2) is 4.39 Å². The van der Waals surface area contributed by atoms with Crippen molar-refractivity contribution in [3.63, 3.8) is 0 Å². The normalized spacial score (nSPS) is 13.3. The molecule has 0 saturated heterocycles. The third-order valence-corrected chi connectivity index (χ3v) is 6.05. The predicted molar refractivity (Wildman–Crippen MR) is 116 cm³/mol. The first kappa shape index (κ1) is 20.5. The molecule has 1 fully saturated rings. The molecule has 0 bridgehead atoms. The maximum Gasteiger partial charge on any atom is 0.237 e. The van der Waals surface area contributed by atoms with Crippen molar-refractivity contribution in [2.45, 2.75) is 29.8 Å². The smallest absolute Gasteiger partial charge is 0.237 e. The molecule has 0 radical (unpaired) electrons. The molecule has 8 nitrogen and oxygen atoms in total. The Morgan fingerprint density at radius 1 is 1.09 bits per heavy atom. The van der Waals surface area contributed by atoms with Crippen molar-refractivity contribution in [1.82, 2.24) is 24.9 Å². The van der Waals surface area contributed by atoms with E-state index in [1.54, 1.807) is 44.6 Å². The van der Waals surface area contributed by atoms with E-state index in [1.807, 2.05) is 10.6 Å². The van der Waals surface area contributed by atoms with Gasteiger partial charge in [-0.1, -0.05) is 29.1 Å². The number of nitrogens with zero attached hydrogens (tertiary/aromatic N) is 5. The van der Waals surface area contributed by atoms with Gasteiger partial charge in [-0.05, 0) is 43.2 Å². The van der Waals surface area contributed by atoms with Gasteiger partial charge in [0.15, 0.2) is 22.5 Å². The minimum Gasteiger partial charge on any atom is -0.493 e. The second kappa shape index (κ2) is 8.62. The van der Waals surface area contributed by atoms with Gasteiger partial charge in [0, 0.05) is 11.6 Å². The zero-order chi connectivity index (χ0) is 22.1. The molecule has 0 amide bonds. The summed E-state index contributed by atoms with van der Waals surface area (Å²) in [5.41, 5.74) is 1.21. The van der Waals surface area contributed by atoms with Crippen LogP contribution in [0.4, 0.5) is 4.39 Å². The Kier molecular flexibility index (Phi) is 5.52. The summed E-state index contributed by atoms with van der Waals surface area (Å²) in [5.74, 6) is 2.78. The van der Waals surface area contributed by atoms with Crippen LogP contribution < -0.4 is 9.47 Å². The molecule has 1 saturated carbocycles. The number of ether oxygens (including phenoxy) is 2. The zero-order valence-corrected chi connectivity index (χ0v) is 18.3. The summed E-state index contributed by atoms with van der Waals surface area (Å²) in [4.78, 5) is 4.48. The maximum absolute atomic E-state index is 14.3. The minimum atomic E-state index is -0.310. The van der Waals surface area contributed by atoms with Crippen molar-refractivity contribution < 1.29 is 18.4 Å². The van der Waals surface area contributed by atoms with Crippen LogP contribution >= 0.6 is 11.8 Å². The lowest BCUT2D eigenvalue weighted by Gasteiger charge is -2.08.